The van der Waals surface area contributed by atoms with Gasteiger partial charge in [-0.15, -0.1) is 0 Å². The predicted molar refractivity (Wildman–Crippen MR) is 54.0 cm³/mol. The molecule has 0 spiro atoms. The summed E-state index contributed by atoms with van der Waals surface area (Å²) in [6.07, 6.45) is 0. The Hall–Kier alpha value is -1.80. The van der Waals surface area contributed by atoms with Crippen molar-refractivity contribution in [2.45, 2.75) is 4.90 Å². The van der Waals surface area contributed by atoms with Crippen molar-refractivity contribution >= 4 is 21.8 Å². The Morgan fingerprint density at radius 3 is 2.50 bits per heavy atom. The number of hydrogen-bond acceptors (Lipinski definition) is 5. The molecule has 0 saturated carbocycles. The number of carboxylic acid groups (broad SMARTS) is 1. The Balaban J connectivity index is 3.04. The molecule has 0 aliphatic heterocycles. The third-order valence-electron chi connectivity index (χ3n) is 1.68. The van der Waals surface area contributed by atoms with Gasteiger partial charge in [0.25, 0.3) is 10.1 Å². The minimum atomic E-state index is -4.53. The summed E-state index contributed by atoms with van der Waals surface area (Å²) < 4.78 is 30.3. The van der Waals surface area contributed by atoms with Crippen molar-refractivity contribution in [2.75, 3.05) is 11.9 Å². The van der Waals surface area contributed by atoms with Crippen LogP contribution < -0.4 is 5.32 Å². The molecular weight excluding hydrogens is 238 g/mol. The van der Waals surface area contributed by atoms with E-state index in [-0.39, 0.29) is 5.69 Å². The molecule has 7 nitrogen and oxygen atoms in total. The monoisotopic (exact) mass is 247 g/mol. The molecular formula is C8H9NO6S. The van der Waals surface area contributed by atoms with E-state index in [1.54, 1.807) is 0 Å². The van der Waals surface area contributed by atoms with Crippen LogP contribution in [0.3, 0.4) is 0 Å². The first kappa shape index (κ1) is 12.3. The molecule has 88 valence electrons. The minimum absolute atomic E-state index is 0.160. The average molecular weight is 247 g/mol. The Bertz CT molecular complexity index is 509. The zero-order valence-electron chi connectivity index (χ0n) is 7.91. The highest BCUT2D eigenvalue weighted by atomic mass is 32.2. The van der Waals surface area contributed by atoms with E-state index in [1.807, 2.05) is 0 Å². The molecule has 0 unspecified atom stereocenters. The highest BCUT2D eigenvalue weighted by Gasteiger charge is 2.15. The highest BCUT2D eigenvalue weighted by molar-refractivity contribution is 7.86. The van der Waals surface area contributed by atoms with Crippen LogP contribution in [0.1, 0.15) is 0 Å². The highest BCUT2D eigenvalue weighted by Crippen LogP contribution is 2.25. The lowest BCUT2D eigenvalue weighted by molar-refractivity contribution is -0.134. The van der Waals surface area contributed by atoms with Crippen LogP contribution in [0.5, 0.6) is 5.75 Å². The Kier molecular flexibility index (Phi) is 3.35. The van der Waals surface area contributed by atoms with Crippen LogP contribution >= 0.6 is 0 Å². The average Bonchev–Trinajstić information content (AvgIpc) is 2.14. The predicted octanol–water partition coefficient (Wildman–Crippen LogP) is 0.135. The number of phenols is 1. The van der Waals surface area contributed by atoms with Crippen molar-refractivity contribution in [2.24, 2.45) is 0 Å². The summed E-state index contributed by atoms with van der Waals surface area (Å²) in [5.74, 6) is -1.73. The largest absolute Gasteiger partial charge is 0.506 e. The van der Waals surface area contributed by atoms with E-state index in [4.69, 9.17) is 14.8 Å². The fraction of sp³-hybridized carbons (Fsp3) is 0.125. The number of benzene rings is 1. The number of hydrogen-bond donors (Lipinski definition) is 4. The van der Waals surface area contributed by atoms with Gasteiger partial charge in [0.2, 0.25) is 0 Å². The van der Waals surface area contributed by atoms with E-state index in [0.29, 0.717) is 0 Å². The number of aliphatic carboxylic acids is 1. The quantitative estimate of drug-likeness (QED) is 0.440. The van der Waals surface area contributed by atoms with Crippen LogP contribution in [0.4, 0.5) is 5.69 Å². The number of rotatable bonds is 4. The van der Waals surface area contributed by atoms with E-state index in [0.717, 1.165) is 12.1 Å². The van der Waals surface area contributed by atoms with Crippen molar-refractivity contribution < 1.29 is 28.0 Å². The second-order valence-electron chi connectivity index (χ2n) is 2.90. The van der Waals surface area contributed by atoms with E-state index >= 15 is 0 Å². The van der Waals surface area contributed by atoms with Gasteiger partial charge in [-0.05, 0) is 18.2 Å². The summed E-state index contributed by atoms with van der Waals surface area (Å²) in [6.45, 7) is -0.407. The van der Waals surface area contributed by atoms with Crippen LogP contribution in [0, 0.1) is 0 Å². The number of aromatic hydroxyl groups is 1. The van der Waals surface area contributed by atoms with Crippen molar-refractivity contribution in [3.63, 3.8) is 0 Å². The maximum atomic E-state index is 10.8. The summed E-state index contributed by atoms with van der Waals surface area (Å²) in [4.78, 5) is 9.56. The van der Waals surface area contributed by atoms with Crippen LogP contribution in [0.25, 0.3) is 0 Å². The van der Waals surface area contributed by atoms with E-state index in [1.165, 1.54) is 6.07 Å². The lowest BCUT2D eigenvalue weighted by atomic mass is 10.3. The molecule has 1 aromatic rings. The zero-order valence-corrected chi connectivity index (χ0v) is 8.73. The van der Waals surface area contributed by atoms with Gasteiger partial charge in [0.15, 0.2) is 0 Å². The van der Waals surface area contributed by atoms with Gasteiger partial charge in [-0.1, -0.05) is 0 Å². The van der Waals surface area contributed by atoms with Gasteiger partial charge in [0.1, 0.15) is 17.2 Å². The van der Waals surface area contributed by atoms with Gasteiger partial charge >= 0.3 is 5.97 Å². The van der Waals surface area contributed by atoms with Crippen molar-refractivity contribution in [1.82, 2.24) is 0 Å². The first-order valence-corrected chi connectivity index (χ1v) is 5.51. The Morgan fingerprint density at radius 2 is 2.00 bits per heavy atom. The fourth-order valence-electron chi connectivity index (χ4n) is 1.01. The minimum Gasteiger partial charge on any atom is -0.506 e. The molecule has 0 saturated heterocycles. The van der Waals surface area contributed by atoms with Gasteiger partial charge in [-0.3, -0.25) is 9.35 Å². The van der Waals surface area contributed by atoms with E-state index in [2.05, 4.69) is 5.32 Å². The van der Waals surface area contributed by atoms with Crippen molar-refractivity contribution in [3.05, 3.63) is 18.2 Å². The number of anilines is 1. The normalized spacial score (nSPS) is 11.1. The van der Waals surface area contributed by atoms with Gasteiger partial charge in [0.05, 0.1) is 0 Å². The number of phenolic OH excluding ortho intramolecular Hbond substituents is 1. The van der Waals surface area contributed by atoms with Crippen LogP contribution in [-0.2, 0) is 14.9 Å². The summed E-state index contributed by atoms with van der Waals surface area (Å²) in [7, 11) is -4.53. The lowest BCUT2D eigenvalue weighted by Gasteiger charge is -2.06. The van der Waals surface area contributed by atoms with Crippen LogP contribution in [0.15, 0.2) is 23.1 Å². The number of carboxylic acids is 1. The molecule has 0 fully saturated rings. The molecule has 0 aliphatic rings. The van der Waals surface area contributed by atoms with Gasteiger partial charge in [-0.25, -0.2) is 0 Å². The third kappa shape index (κ3) is 3.11. The molecule has 8 heteroatoms. The zero-order chi connectivity index (χ0) is 12.3. The number of nitrogens with one attached hydrogen (secondary N) is 1. The van der Waals surface area contributed by atoms with Crippen LogP contribution in [-0.4, -0.2) is 35.7 Å². The van der Waals surface area contributed by atoms with E-state index in [9.17, 15) is 13.2 Å². The fourth-order valence-corrected chi connectivity index (χ4v) is 1.62. The Labute approximate surface area is 91.1 Å². The first-order valence-electron chi connectivity index (χ1n) is 4.07. The molecule has 0 heterocycles. The smallest absolute Gasteiger partial charge is 0.322 e. The van der Waals surface area contributed by atoms with E-state index < -0.39 is 33.3 Å². The van der Waals surface area contributed by atoms with Crippen LogP contribution in [0.2, 0.25) is 0 Å². The summed E-state index contributed by atoms with van der Waals surface area (Å²) in [5, 5.41) is 19.9. The molecule has 0 radical (unpaired) electrons. The molecule has 1 aromatic carbocycles. The maximum Gasteiger partial charge on any atom is 0.322 e. The molecule has 0 aliphatic carbocycles. The molecule has 0 atom stereocenters. The van der Waals surface area contributed by atoms with Gasteiger partial charge in [-0.2, -0.15) is 8.42 Å². The molecule has 0 amide bonds. The first-order chi connectivity index (χ1) is 7.30. The standard InChI is InChI=1S/C8H9NO6S/c10-6-2-1-5(9-4-8(11)12)3-7(6)16(13,14)15/h1-3,9-10H,4H2,(H,11,12)(H,13,14,15). The third-order valence-corrected chi connectivity index (χ3v) is 2.56. The number of carbonyl (C=O) groups is 1. The van der Waals surface area contributed by atoms with Gasteiger partial charge < -0.3 is 15.5 Å². The summed E-state index contributed by atoms with van der Waals surface area (Å²) in [6, 6.07) is 3.26. The molecule has 4 N–H and O–H groups in total. The molecule has 16 heavy (non-hydrogen) atoms. The van der Waals surface area contributed by atoms with Crippen molar-refractivity contribution in [3.8, 4) is 5.75 Å². The SMILES string of the molecule is O=C(O)CNc1ccc(O)c(S(=O)(=O)O)c1. The molecule has 0 aromatic heterocycles. The molecule has 1 rings (SSSR count). The second-order valence-corrected chi connectivity index (χ2v) is 4.29. The summed E-state index contributed by atoms with van der Waals surface area (Å²) >= 11 is 0. The topological polar surface area (TPSA) is 124 Å². The summed E-state index contributed by atoms with van der Waals surface area (Å²) in [5.41, 5.74) is 0.160. The lowest BCUT2D eigenvalue weighted by Crippen LogP contribution is -2.12. The molecule has 0 bridgehead atoms. The van der Waals surface area contributed by atoms with Crippen molar-refractivity contribution in [1.29, 1.82) is 0 Å². The maximum absolute atomic E-state index is 10.8. The van der Waals surface area contributed by atoms with Gasteiger partial charge in [0, 0.05) is 5.69 Å². The second kappa shape index (κ2) is 4.37. The Morgan fingerprint density at radius 1 is 1.38 bits per heavy atom.